The average molecular weight is 556 g/mol. The lowest BCUT2D eigenvalue weighted by molar-refractivity contribution is -0.118. The van der Waals surface area contributed by atoms with Crippen molar-refractivity contribution in [3.63, 3.8) is 0 Å². The van der Waals surface area contributed by atoms with Crippen LogP contribution in [0.25, 0.3) is 0 Å². The number of thioether (sulfide) groups is 1. The number of nitrogens with zero attached hydrogens (tertiary/aromatic N) is 2. The highest BCUT2D eigenvalue weighted by atomic mass is 127. The summed E-state index contributed by atoms with van der Waals surface area (Å²) in [5, 5.41) is 6.53. The van der Waals surface area contributed by atoms with Gasteiger partial charge in [-0.25, -0.2) is 4.39 Å². The molecule has 5 nitrogen and oxygen atoms in total. The van der Waals surface area contributed by atoms with Crippen molar-refractivity contribution in [1.29, 1.82) is 0 Å². The summed E-state index contributed by atoms with van der Waals surface area (Å²) in [6.45, 7) is 1.99. The van der Waals surface area contributed by atoms with Crippen molar-refractivity contribution in [3.05, 3.63) is 65.0 Å². The van der Waals surface area contributed by atoms with Crippen LogP contribution in [0.4, 0.5) is 10.1 Å². The maximum atomic E-state index is 13.5. The van der Waals surface area contributed by atoms with Crippen molar-refractivity contribution < 1.29 is 9.18 Å². The fourth-order valence-electron chi connectivity index (χ4n) is 3.64. The lowest BCUT2D eigenvalue weighted by atomic mass is 10.1. The molecule has 31 heavy (non-hydrogen) atoms. The Balaban J connectivity index is 0.00000341. The number of amides is 1. The molecule has 168 valence electrons. The molecule has 0 aromatic heterocycles. The number of para-hydroxylation sites is 1. The second-order valence-electron chi connectivity index (χ2n) is 7.23. The van der Waals surface area contributed by atoms with E-state index in [2.05, 4.69) is 21.7 Å². The first-order chi connectivity index (χ1) is 14.6. The number of halogens is 2. The van der Waals surface area contributed by atoms with Gasteiger partial charge >= 0.3 is 0 Å². The van der Waals surface area contributed by atoms with Crippen LogP contribution in [0.15, 0.2) is 47.5 Å². The molecule has 0 unspecified atom stereocenters. The standard InChI is InChI=1S/C23H29FN4OS.HI/c1-25-23(27-15-18-9-10-20(24)14-19(18)16-30-2)26-12-5-8-22(29)28-13-11-17-6-3-4-7-21(17)28;/h3-4,6-7,9-10,14H,5,8,11-13,15-16H2,1-2H3,(H2,25,26,27);1H. The number of anilines is 1. The molecular formula is C23H30FIN4OS. The zero-order valence-electron chi connectivity index (χ0n) is 18.0. The zero-order chi connectivity index (χ0) is 21.3. The first kappa shape index (κ1) is 25.5. The highest BCUT2D eigenvalue weighted by Gasteiger charge is 2.23. The number of benzene rings is 2. The van der Waals surface area contributed by atoms with E-state index in [1.54, 1.807) is 24.9 Å². The first-order valence-electron chi connectivity index (χ1n) is 10.2. The summed E-state index contributed by atoms with van der Waals surface area (Å²) >= 11 is 1.67. The molecule has 0 radical (unpaired) electrons. The molecule has 0 bridgehead atoms. The predicted molar refractivity (Wildman–Crippen MR) is 139 cm³/mol. The van der Waals surface area contributed by atoms with E-state index in [4.69, 9.17) is 0 Å². The molecule has 0 spiro atoms. The van der Waals surface area contributed by atoms with E-state index < -0.39 is 0 Å². The van der Waals surface area contributed by atoms with Gasteiger partial charge in [0, 0.05) is 44.5 Å². The normalized spacial score (nSPS) is 12.9. The topological polar surface area (TPSA) is 56.7 Å². The van der Waals surface area contributed by atoms with Gasteiger partial charge in [-0.05, 0) is 54.0 Å². The number of hydrogen-bond donors (Lipinski definition) is 2. The van der Waals surface area contributed by atoms with E-state index in [1.807, 2.05) is 35.4 Å². The summed E-state index contributed by atoms with van der Waals surface area (Å²) in [5.74, 6) is 1.39. The van der Waals surface area contributed by atoms with Gasteiger partial charge in [-0.3, -0.25) is 9.79 Å². The largest absolute Gasteiger partial charge is 0.356 e. The third-order valence-electron chi connectivity index (χ3n) is 5.19. The van der Waals surface area contributed by atoms with E-state index in [-0.39, 0.29) is 35.7 Å². The van der Waals surface area contributed by atoms with Crippen molar-refractivity contribution >= 4 is 53.3 Å². The number of guanidine groups is 1. The maximum absolute atomic E-state index is 13.5. The van der Waals surface area contributed by atoms with Crippen molar-refractivity contribution in [2.45, 2.75) is 31.6 Å². The molecule has 1 aliphatic heterocycles. The van der Waals surface area contributed by atoms with Crippen LogP contribution in [0.1, 0.15) is 29.5 Å². The summed E-state index contributed by atoms with van der Waals surface area (Å²) in [4.78, 5) is 18.7. The van der Waals surface area contributed by atoms with Crippen LogP contribution in [0.5, 0.6) is 0 Å². The fourth-order valence-corrected chi connectivity index (χ4v) is 4.21. The monoisotopic (exact) mass is 556 g/mol. The van der Waals surface area contributed by atoms with Gasteiger partial charge in [0.05, 0.1) is 0 Å². The number of aliphatic imine (C=N–C) groups is 1. The minimum Gasteiger partial charge on any atom is -0.356 e. The van der Waals surface area contributed by atoms with Crippen molar-refractivity contribution in [3.8, 4) is 0 Å². The summed E-state index contributed by atoms with van der Waals surface area (Å²) in [6.07, 6.45) is 4.16. The minimum atomic E-state index is -0.212. The molecule has 3 rings (SSSR count). The highest BCUT2D eigenvalue weighted by molar-refractivity contribution is 14.0. The van der Waals surface area contributed by atoms with Crippen LogP contribution in [-0.4, -0.2) is 38.3 Å². The predicted octanol–water partition coefficient (Wildman–Crippen LogP) is 4.34. The van der Waals surface area contributed by atoms with Crippen molar-refractivity contribution in [1.82, 2.24) is 10.6 Å². The van der Waals surface area contributed by atoms with Crippen LogP contribution in [0.2, 0.25) is 0 Å². The Kier molecular flexibility index (Phi) is 10.6. The van der Waals surface area contributed by atoms with Gasteiger partial charge < -0.3 is 15.5 Å². The minimum absolute atomic E-state index is 0. The third kappa shape index (κ3) is 7.10. The molecule has 1 amide bonds. The van der Waals surface area contributed by atoms with Crippen molar-refractivity contribution in [2.75, 3.05) is 31.3 Å². The zero-order valence-corrected chi connectivity index (χ0v) is 21.1. The number of rotatable bonds is 8. The van der Waals surface area contributed by atoms with Crippen LogP contribution in [0, 0.1) is 5.82 Å². The Bertz CT molecular complexity index is 909. The van der Waals surface area contributed by atoms with Gasteiger partial charge in [-0.1, -0.05) is 24.3 Å². The molecule has 2 aromatic rings. The summed E-state index contributed by atoms with van der Waals surface area (Å²) in [7, 11) is 1.72. The third-order valence-corrected chi connectivity index (χ3v) is 5.79. The van der Waals surface area contributed by atoms with E-state index >= 15 is 0 Å². The molecule has 2 aromatic carbocycles. The molecule has 1 aliphatic rings. The molecule has 0 aliphatic carbocycles. The van der Waals surface area contributed by atoms with Crippen LogP contribution < -0.4 is 15.5 Å². The molecule has 8 heteroatoms. The average Bonchev–Trinajstić information content (AvgIpc) is 3.19. The molecule has 2 N–H and O–H groups in total. The number of carbonyl (C=O) groups is 1. The number of nitrogens with one attached hydrogen (secondary N) is 2. The van der Waals surface area contributed by atoms with Gasteiger partial charge in [0.1, 0.15) is 5.82 Å². The van der Waals surface area contributed by atoms with E-state index in [0.29, 0.717) is 25.5 Å². The second kappa shape index (κ2) is 12.9. The van der Waals surface area contributed by atoms with E-state index in [1.165, 1.54) is 11.6 Å². The van der Waals surface area contributed by atoms with Crippen LogP contribution >= 0.6 is 35.7 Å². The number of carbonyl (C=O) groups excluding carboxylic acids is 1. The van der Waals surface area contributed by atoms with Crippen LogP contribution in [-0.2, 0) is 23.5 Å². The second-order valence-corrected chi connectivity index (χ2v) is 8.09. The summed E-state index contributed by atoms with van der Waals surface area (Å²) in [6, 6.07) is 13.0. The molecule has 1 heterocycles. The van der Waals surface area contributed by atoms with Crippen LogP contribution in [0.3, 0.4) is 0 Å². The van der Waals surface area contributed by atoms with Gasteiger partial charge in [0.15, 0.2) is 5.96 Å². The Hall–Kier alpha value is -1.81. The molecule has 0 fully saturated rings. The molecule has 0 saturated heterocycles. The molecule has 0 atom stereocenters. The number of fused-ring (bicyclic) bond motifs is 1. The van der Waals surface area contributed by atoms with Gasteiger partial charge in [-0.2, -0.15) is 11.8 Å². The van der Waals surface area contributed by atoms with Gasteiger partial charge in [-0.15, -0.1) is 24.0 Å². The maximum Gasteiger partial charge on any atom is 0.227 e. The van der Waals surface area contributed by atoms with Crippen molar-refractivity contribution in [2.24, 2.45) is 4.99 Å². The molecular weight excluding hydrogens is 526 g/mol. The highest BCUT2D eigenvalue weighted by Crippen LogP contribution is 2.28. The lowest BCUT2D eigenvalue weighted by Crippen LogP contribution is -2.38. The Morgan fingerprint density at radius 1 is 1.19 bits per heavy atom. The Morgan fingerprint density at radius 3 is 2.77 bits per heavy atom. The van der Waals surface area contributed by atoms with E-state index in [9.17, 15) is 9.18 Å². The number of hydrogen-bond acceptors (Lipinski definition) is 3. The first-order valence-corrected chi connectivity index (χ1v) is 11.6. The van der Waals surface area contributed by atoms with Gasteiger partial charge in [0.2, 0.25) is 5.91 Å². The summed E-state index contributed by atoms with van der Waals surface area (Å²) in [5.41, 5.74) is 4.34. The fraction of sp³-hybridized carbons (Fsp3) is 0.391. The lowest BCUT2D eigenvalue weighted by Gasteiger charge is -2.18. The summed E-state index contributed by atoms with van der Waals surface area (Å²) < 4.78 is 13.5. The Labute approximate surface area is 205 Å². The van der Waals surface area contributed by atoms with Gasteiger partial charge in [0.25, 0.3) is 0 Å². The van der Waals surface area contributed by atoms with E-state index in [0.717, 1.165) is 42.0 Å². The molecule has 0 saturated carbocycles. The smallest absolute Gasteiger partial charge is 0.227 e. The Morgan fingerprint density at radius 2 is 2.00 bits per heavy atom. The SMILES string of the molecule is CN=C(NCCCC(=O)N1CCc2ccccc21)NCc1ccc(F)cc1CSC.I. The quantitative estimate of drug-likeness (QED) is 0.220.